The molecule has 0 atom stereocenters. The lowest BCUT2D eigenvalue weighted by molar-refractivity contribution is -0.120. The number of benzene rings is 1. The molecule has 0 spiro atoms. The van der Waals surface area contributed by atoms with Crippen molar-refractivity contribution in [2.45, 2.75) is 19.8 Å². The second-order valence-electron chi connectivity index (χ2n) is 5.32. The Labute approximate surface area is 142 Å². The molecule has 0 radical (unpaired) electrons. The van der Waals surface area contributed by atoms with E-state index in [1.165, 1.54) is 0 Å². The summed E-state index contributed by atoms with van der Waals surface area (Å²) in [7, 11) is 0. The Balaban J connectivity index is 0.000000595. The molecule has 2 heterocycles. The largest absolute Gasteiger partial charge is 0.459 e. The number of nitrogens with two attached hydrogens (primary N) is 1. The highest BCUT2D eigenvalue weighted by Gasteiger charge is 2.23. The lowest BCUT2D eigenvalue weighted by Gasteiger charge is -2.21. The molecule has 1 aliphatic heterocycles. The number of fused-ring (bicyclic) bond motifs is 1. The fraction of sp³-hybridized carbons (Fsp3) is 0.375. The van der Waals surface area contributed by atoms with E-state index in [1.807, 2.05) is 25.1 Å². The smallest absolute Gasteiger partial charge is 0.227 e. The first-order valence-corrected chi connectivity index (χ1v) is 8.21. The first kappa shape index (κ1) is 17.5. The average Bonchev–Trinajstić information content (AvgIpc) is 2.84. The highest BCUT2D eigenvalue weighted by atomic mass is 79.9. The molecule has 1 aromatic carbocycles. The zero-order valence-corrected chi connectivity index (χ0v) is 14.5. The minimum atomic E-state index is 0.0905. The van der Waals surface area contributed by atoms with E-state index in [0.717, 1.165) is 52.8 Å². The van der Waals surface area contributed by atoms with Gasteiger partial charge in [-0.15, -0.1) is 0 Å². The molecule has 0 aliphatic carbocycles. The van der Waals surface area contributed by atoms with Crippen molar-refractivity contribution in [1.82, 2.24) is 5.32 Å². The number of carbonyl (C=O) groups excluding carboxylic acids is 2. The number of nitrogens with one attached hydrogen (secondary N) is 2. The highest BCUT2D eigenvalue weighted by Crippen LogP contribution is 2.33. The number of anilines is 1. The minimum Gasteiger partial charge on any atom is -0.459 e. The summed E-state index contributed by atoms with van der Waals surface area (Å²) in [6, 6.07) is 5.82. The fourth-order valence-corrected chi connectivity index (χ4v) is 3.02. The van der Waals surface area contributed by atoms with Gasteiger partial charge >= 0.3 is 0 Å². The zero-order valence-electron chi connectivity index (χ0n) is 12.9. The van der Waals surface area contributed by atoms with E-state index in [4.69, 9.17) is 9.21 Å². The predicted molar refractivity (Wildman–Crippen MR) is 93.1 cm³/mol. The number of primary amides is 1. The summed E-state index contributed by atoms with van der Waals surface area (Å²) in [5.74, 6) is 0.936. The molecule has 0 unspecified atom stereocenters. The number of aryl methyl sites for hydroxylation is 1. The maximum Gasteiger partial charge on any atom is 0.227 e. The van der Waals surface area contributed by atoms with Gasteiger partial charge in [-0.1, -0.05) is 15.9 Å². The van der Waals surface area contributed by atoms with Gasteiger partial charge in [-0.25, -0.2) is 0 Å². The molecule has 6 nitrogen and oxygen atoms in total. The SMILES string of the molecule is Cc1oc2ccc(Br)cc2c1NC(=O)C1CCNCC1.NC=O. The Morgan fingerprint density at radius 3 is 2.74 bits per heavy atom. The zero-order chi connectivity index (χ0) is 16.8. The molecule has 7 heteroatoms. The summed E-state index contributed by atoms with van der Waals surface area (Å²) in [5, 5.41) is 7.26. The number of piperidine rings is 1. The van der Waals surface area contributed by atoms with Crippen molar-refractivity contribution in [2.75, 3.05) is 18.4 Å². The topological polar surface area (TPSA) is 97.4 Å². The van der Waals surface area contributed by atoms with E-state index in [9.17, 15) is 4.79 Å². The first-order chi connectivity index (χ1) is 11.1. The number of rotatable bonds is 2. The van der Waals surface area contributed by atoms with Gasteiger partial charge in [-0.2, -0.15) is 0 Å². The van der Waals surface area contributed by atoms with Crippen molar-refractivity contribution < 1.29 is 14.0 Å². The van der Waals surface area contributed by atoms with Crippen LogP contribution in [-0.2, 0) is 9.59 Å². The molecule has 2 amide bonds. The van der Waals surface area contributed by atoms with Crippen LogP contribution in [0.2, 0.25) is 0 Å². The van der Waals surface area contributed by atoms with Gasteiger partial charge in [0.2, 0.25) is 12.3 Å². The number of furan rings is 1. The molecule has 1 aromatic heterocycles. The summed E-state index contributed by atoms with van der Waals surface area (Å²) >= 11 is 3.46. The average molecular weight is 382 g/mol. The van der Waals surface area contributed by atoms with E-state index in [0.29, 0.717) is 0 Å². The van der Waals surface area contributed by atoms with Gasteiger partial charge in [0, 0.05) is 15.8 Å². The van der Waals surface area contributed by atoms with Crippen molar-refractivity contribution >= 4 is 44.9 Å². The molecule has 2 aromatic rings. The van der Waals surface area contributed by atoms with E-state index in [-0.39, 0.29) is 18.2 Å². The molecular weight excluding hydrogens is 362 g/mol. The van der Waals surface area contributed by atoms with Crippen LogP contribution < -0.4 is 16.4 Å². The van der Waals surface area contributed by atoms with Crippen LogP contribution in [-0.4, -0.2) is 25.4 Å². The first-order valence-electron chi connectivity index (χ1n) is 7.42. The van der Waals surface area contributed by atoms with Gasteiger partial charge in [0.1, 0.15) is 11.3 Å². The Morgan fingerprint density at radius 2 is 2.09 bits per heavy atom. The Bertz CT molecular complexity index is 693. The number of hydrogen-bond acceptors (Lipinski definition) is 4. The van der Waals surface area contributed by atoms with Gasteiger partial charge in [-0.3, -0.25) is 9.59 Å². The maximum atomic E-state index is 12.4. The normalized spacial score (nSPS) is 14.9. The number of halogens is 1. The van der Waals surface area contributed by atoms with Crippen molar-refractivity contribution in [1.29, 1.82) is 0 Å². The summed E-state index contributed by atoms with van der Waals surface area (Å²) < 4.78 is 6.67. The number of amides is 2. The molecule has 3 rings (SSSR count). The Morgan fingerprint density at radius 1 is 1.43 bits per heavy atom. The molecule has 1 aliphatic rings. The molecule has 4 N–H and O–H groups in total. The van der Waals surface area contributed by atoms with Crippen LogP contribution in [0.25, 0.3) is 11.0 Å². The third-order valence-corrected chi connectivity index (χ3v) is 4.28. The van der Waals surface area contributed by atoms with Gasteiger partial charge < -0.3 is 20.8 Å². The molecule has 23 heavy (non-hydrogen) atoms. The van der Waals surface area contributed by atoms with E-state index in [2.05, 4.69) is 32.3 Å². The molecule has 1 fully saturated rings. The van der Waals surface area contributed by atoms with Crippen LogP contribution in [0, 0.1) is 12.8 Å². The van der Waals surface area contributed by atoms with Gasteiger partial charge in [0.15, 0.2) is 0 Å². The lowest BCUT2D eigenvalue weighted by Crippen LogP contribution is -2.34. The van der Waals surface area contributed by atoms with Crippen molar-refractivity contribution in [2.24, 2.45) is 11.7 Å². The van der Waals surface area contributed by atoms with E-state index >= 15 is 0 Å². The summed E-state index contributed by atoms with van der Waals surface area (Å²) in [6.07, 6.45) is 2.04. The standard InChI is InChI=1S/C15H17BrN2O2.CH3NO/c1-9-14(12-8-11(16)2-3-13(12)20-9)18-15(19)10-4-6-17-7-5-10;2-1-3/h2-3,8,10,17H,4-7H2,1H3,(H,18,19);1H,(H2,2,3). The van der Waals surface area contributed by atoms with Gasteiger partial charge in [0.05, 0.1) is 5.69 Å². The van der Waals surface area contributed by atoms with Crippen LogP contribution in [0.5, 0.6) is 0 Å². The minimum absolute atomic E-state index is 0.0905. The Hall–Kier alpha value is -1.86. The quantitative estimate of drug-likeness (QED) is 0.696. The Kier molecular flexibility index (Phi) is 6.18. The molecule has 0 bridgehead atoms. The number of carbonyl (C=O) groups is 2. The lowest BCUT2D eigenvalue weighted by atomic mass is 9.97. The summed E-state index contributed by atoms with van der Waals surface area (Å²) in [5.41, 5.74) is 5.76. The second-order valence-corrected chi connectivity index (χ2v) is 6.24. The maximum absolute atomic E-state index is 12.4. The molecular formula is C16H20BrN3O3. The molecule has 124 valence electrons. The van der Waals surface area contributed by atoms with Crippen LogP contribution in [0.3, 0.4) is 0 Å². The molecule has 0 saturated carbocycles. The third-order valence-electron chi connectivity index (χ3n) is 3.78. The molecule has 1 saturated heterocycles. The fourth-order valence-electron chi connectivity index (χ4n) is 2.66. The van der Waals surface area contributed by atoms with Crippen LogP contribution in [0.1, 0.15) is 18.6 Å². The van der Waals surface area contributed by atoms with Crippen LogP contribution in [0.4, 0.5) is 5.69 Å². The van der Waals surface area contributed by atoms with Crippen LogP contribution in [0.15, 0.2) is 27.1 Å². The van der Waals surface area contributed by atoms with Crippen molar-refractivity contribution in [3.8, 4) is 0 Å². The number of hydrogen-bond donors (Lipinski definition) is 3. The predicted octanol–water partition coefficient (Wildman–Crippen LogP) is 2.54. The van der Waals surface area contributed by atoms with Crippen LogP contribution >= 0.6 is 15.9 Å². The van der Waals surface area contributed by atoms with Crippen molar-refractivity contribution in [3.05, 3.63) is 28.4 Å². The van der Waals surface area contributed by atoms with E-state index < -0.39 is 0 Å². The monoisotopic (exact) mass is 381 g/mol. The summed E-state index contributed by atoms with van der Waals surface area (Å²) in [6.45, 7) is 3.70. The third kappa shape index (κ3) is 4.33. The summed E-state index contributed by atoms with van der Waals surface area (Å²) in [4.78, 5) is 20.9. The van der Waals surface area contributed by atoms with Gasteiger partial charge in [-0.05, 0) is 51.1 Å². The highest BCUT2D eigenvalue weighted by molar-refractivity contribution is 9.10. The second kappa shape index (κ2) is 8.12. The van der Waals surface area contributed by atoms with E-state index in [1.54, 1.807) is 0 Å². The van der Waals surface area contributed by atoms with Crippen molar-refractivity contribution in [3.63, 3.8) is 0 Å². The van der Waals surface area contributed by atoms with Gasteiger partial charge in [0.25, 0.3) is 0 Å².